The van der Waals surface area contributed by atoms with E-state index in [1.54, 1.807) is 39.1 Å². The molecule has 0 unspecified atom stereocenters. The maximum Gasteiger partial charge on any atom is 0.350 e. The zero-order valence-corrected chi connectivity index (χ0v) is 21.6. The fourth-order valence-electron chi connectivity index (χ4n) is 4.30. The van der Waals surface area contributed by atoms with E-state index in [0.29, 0.717) is 11.3 Å². The molecule has 0 saturated carbocycles. The number of Topliss-reactive ketones (excluding diaryl/α,β-unsaturated/α-hetero) is 1. The molecular weight excluding hydrogens is 477 g/mol. The number of hydrogen-bond acceptors (Lipinski definition) is 10. The Morgan fingerprint density at radius 3 is 2.09 bits per heavy atom. The molecule has 3 atom stereocenters. The van der Waals surface area contributed by atoms with Gasteiger partial charge in [0.05, 0.1) is 40.5 Å². The lowest BCUT2D eigenvalue weighted by Crippen LogP contribution is -2.35. The number of carbonyl (C=O) groups is 1. The maximum absolute atomic E-state index is 14.1. The molecule has 1 heterocycles. The van der Waals surface area contributed by atoms with Crippen molar-refractivity contribution in [2.45, 2.75) is 25.7 Å². The molecule has 2 aromatic rings. The number of aromatic hydroxyl groups is 1. The van der Waals surface area contributed by atoms with Gasteiger partial charge in [-0.15, -0.1) is 0 Å². The van der Waals surface area contributed by atoms with Crippen molar-refractivity contribution < 1.29 is 42.6 Å². The van der Waals surface area contributed by atoms with Crippen LogP contribution in [-0.4, -0.2) is 63.3 Å². The molecule has 1 fully saturated rings. The second-order valence-electron chi connectivity index (χ2n) is 7.72. The zero-order chi connectivity index (χ0) is 25.8. The lowest BCUT2D eigenvalue weighted by molar-refractivity contribution is -0.138. The van der Waals surface area contributed by atoms with Gasteiger partial charge < -0.3 is 28.4 Å². The molecule has 10 nitrogen and oxygen atoms in total. The Morgan fingerprint density at radius 2 is 1.60 bits per heavy atom. The number of benzene rings is 2. The number of methoxy groups -OCH3 is 3. The van der Waals surface area contributed by atoms with Crippen LogP contribution in [0.3, 0.4) is 0 Å². The first kappa shape index (κ1) is 27.0. The number of hydrogen-bond donors (Lipinski definition) is 1. The lowest BCUT2D eigenvalue weighted by atomic mass is 9.88. The first-order valence-electron chi connectivity index (χ1n) is 11.2. The van der Waals surface area contributed by atoms with Crippen molar-refractivity contribution in [1.82, 2.24) is 5.06 Å². The van der Waals surface area contributed by atoms with Gasteiger partial charge in [-0.05, 0) is 32.0 Å². The van der Waals surface area contributed by atoms with Crippen molar-refractivity contribution in [1.29, 1.82) is 0 Å². The Bertz CT molecular complexity index is 1060. The van der Waals surface area contributed by atoms with E-state index in [1.807, 2.05) is 0 Å². The van der Waals surface area contributed by atoms with Crippen LogP contribution in [0.1, 0.15) is 35.9 Å². The number of para-hydroxylation sites is 1. The Balaban J connectivity index is 2.20. The number of hydroxylamine groups is 2. The van der Waals surface area contributed by atoms with Crippen LogP contribution in [0.25, 0.3) is 0 Å². The van der Waals surface area contributed by atoms with Gasteiger partial charge in [0.15, 0.2) is 17.3 Å². The first-order valence-corrected chi connectivity index (χ1v) is 12.8. The molecule has 0 radical (unpaired) electrons. The molecular formula is C24H32NO9P. The minimum atomic E-state index is -3.87. The molecule has 1 N–H and O–H groups in total. The van der Waals surface area contributed by atoms with E-state index in [9.17, 15) is 14.5 Å². The van der Waals surface area contributed by atoms with Crippen LogP contribution < -0.4 is 14.2 Å². The first-order chi connectivity index (χ1) is 16.8. The number of phenols is 1. The van der Waals surface area contributed by atoms with Crippen molar-refractivity contribution in [2.75, 3.05) is 41.6 Å². The van der Waals surface area contributed by atoms with Gasteiger partial charge >= 0.3 is 7.60 Å². The second-order valence-corrected chi connectivity index (χ2v) is 9.85. The van der Waals surface area contributed by atoms with Crippen LogP contribution in [0, 0.1) is 5.92 Å². The Kier molecular flexibility index (Phi) is 8.79. The summed E-state index contributed by atoms with van der Waals surface area (Å²) in [6.45, 7) is 3.60. The van der Waals surface area contributed by atoms with E-state index in [4.69, 9.17) is 28.1 Å². The quantitative estimate of drug-likeness (QED) is 0.345. The highest BCUT2D eigenvalue weighted by Gasteiger charge is 2.57. The van der Waals surface area contributed by atoms with Crippen molar-refractivity contribution >= 4 is 13.4 Å². The fraction of sp³-hybridized carbons (Fsp3) is 0.458. The van der Waals surface area contributed by atoms with Gasteiger partial charge in [0, 0.05) is 18.2 Å². The normalized spacial score (nSPS) is 20.6. The average Bonchev–Trinajstić information content (AvgIpc) is 3.20. The molecule has 2 aromatic carbocycles. The molecule has 35 heavy (non-hydrogen) atoms. The molecule has 0 spiro atoms. The number of carbonyl (C=O) groups excluding carboxylic acids is 1. The molecule has 1 aliphatic rings. The molecule has 0 aromatic heterocycles. The van der Waals surface area contributed by atoms with Crippen LogP contribution in [0.4, 0.5) is 0 Å². The predicted octanol–water partition coefficient (Wildman–Crippen LogP) is 4.43. The summed E-state index contributed by atoms with van der Waals surface area (Å²) in [6, 6.07) is 9.57. The van der Waals surface area contributed by atoms with Crippen LogP contribution in [0.5, 0.6) is 23.0 Å². The molecule has 192 valence electrons. The smallest absolute Gasteiger partial charge is 0.350 e. The van der Waals surface area contributed by atoms with E-state index in [2.05, 4.69) is 0 Å². The van der Waals surface area contributed by atoms with E-state index in [1.165, 1.54) is 44.6 Å². The highest BCUT2D eigenvalue weighted by atomic mass is 31.2. The SMILES string of the molecule is CCOP(=O)(OCC)[C@@H]1[C@@H](C(=O)c2cc(OC)c(OC)c(OC)c2)[C@H](c2ccccc2O)ON1C. The Labute approximate surface area is 205 Å². The van der Waals surface area contributed by atoms with Crippen molar-refractivity contribution in [3.05, 3.63) is 47.5 Å². The zero-order valence-electron chi connectivity index (χ0n) is 20.7. The molecule has 0 amide bonds. The van der Waals surface area contributed by atoms with Crippen LogP contribution in [-0.2, 0) is 18.5 Å². The van der Waals surface area contributed by atoms with Crippen molar-refractivity contribution in [3.8, 4) is 23.0 Å². The van der Waals surface area contributed by atoms with Crippen molar-refractivity contribution in [2.24, 2.45) is 5.92 Å². The summed E-state index contributed by atoms with van der Waals surface area (Å²) in [5.41, 5.74) is 0.584. The number of ether oxygens (including phenoxy) is 3. The summed E-state index contributed by atoms with van der Waals surface area (Å²) in [4.78, 5) is 20.1. The van der Waals surface area contributed by atoms with E-state index >= 15 is 0 Å². The lowest BCUT2D eigenvalue weighted by Gasteiger charge is -2.29. The number of nitrogens with zero attached hydrogens (tertiary/aromatic N) is 1. The fourth-order valence-corrected chi connectivity index (χ4v) is 6.54. The van der Waals surface area contributed by atoms with Gasteiger partial charge in [-0.25, -0.2) is 0 Å². The Morgan fingerprint density at radius 1 is 1.03 bits per heavy atom. The topological polar surface area (TPSA) is 113 Å². The maximum atomic E-state index is 14.1. The number of ketones is 1. The van der Waals surface area contributed by atoms with Crippen LogP contribution in [0.15, 0.2) is 36.4 Å². The number of rotatable bonds is 11. The molecule has 0 bridgehead atoms. The summed E-state index contributed by atoms with van der Waals surface area (Å²) < 4.78 is 41.3. The average molecular weight is 509 g/mol. The van der Waals surface area contributed by atoms with E-state index in [0.717, 1.165) is 0 Å². The molecule has 11 heteroatoms. The van der Waals surface area contributed by atoms with E-state index in [-0.39, 0.29) is 36.0 Å². The summed E-state index contributed by atoms with van der Waals surface area (Å²) in [5.74, 6) is -1.73. The molecule has 3 rings (SSSR count). The van der Waals surface area contributed by atoms with Crippen LogP contribution >= 0.6 is 7.60 Å². The summed E-state index contributed by atoms with van der Waals surface area (Å²) in [5, 5.41) is 11.9. The minimum Gasteiger partial charge on any atom is -0.508 e. The molecule has 1 saturated heterocycles. The van der Waals surface area contributed by atoms with Gasteiger partial charge in [0.2, 0.25) is 5.75 Å². The third-order valence-corrected chi connectivity index (χ3v) is 8.27. The monoisotopic (exact) mass is 509 g/mol. The van der Waals surface area contributed by atoms with Crippen LogP contribution in [0.2, 0.25) is 0 Å². The largest absolute Gasteiger partial charge is 0.508 e. The third-order valence-electron chi connectivity index (χ3n) is 5.74. The standard InChI is InChI=1S/C24H32NO9P/c1-7-32-35(28,33-8-2)24-20(22(34-25(24)3)16-11-9-10-12-17(16)26)21(27)15-13-18(29-4)23(31-6)19(14-15)30-5/h9-14,20,22,24,26H,7-8H2,1-6H3/t20-,22-,24+/m0/s1. The second kappa shape index (κ2) is 11.4. The summed E-state index contributed by atoms with van der Waals surface area (Å²) in [6.07, 6.45) is -0.966. The van der Waals surface area contributed by atoms with Gasteiger partial charge in [-0.3, -0.25) is 14.2 Å². The van der Waals surface area contributed by atoms with Gasteiger partial charge in [0.25, 0.3) is 0 Å². The van der Waals surface area contributed by atoms with E-state index < -0.39 is 31.2 Å². The van der Waals surface area contributed by atoms with Gasteiger partial charge in [-0.2, -0.15) is 5.06 Å². The highest BCUT2D eigenvalue weighted by molar-refractivity contribution is 7.54. The summed E-state index contributed by atoms with van der Waals surface area (Å²) in [7, 11) is 2.05. The minimum absolute atomic E-state index is 0.0584. The molecule has 0 aliphatic carbocycles. The molecule has 1 aliphatic heterocycles. The predicted molar refractivity (Wildman–Crippen MR) is 128 cm³/mol. The van der Waals surface area contributed by atoms with Gasteiger partial charge in [0.1, 0.15) is 17.6 Å². The van der Waals surface area contributed by atoms with Crippen molar-refractivity contribution in [3.63, 3.8) is 0 Å². The third kappa shape index (κ3) is 5.17. The number of phenolic OH excluding ortho intramolecular Hbond substituents is 1. The Hall–Kier alpha value is -2.62. The van der Waals surface area contributed by atoms with Gasteiger partial charge in [-0.1, -0.05) is 18.2 Å². The highest BCUT2D eigenvalue weighted by Crippen LogP contribution is 2.62. The summed E-state index contributed by atoms with van der Waals surface area (Å²) >= 11 is 0.